The lowest BCUT2D eigenvalue weighted by atomic mass is 10.1. The van der Waals surface area contributed by atoms with Crippen LogP contribution in [0.25, 0.3) is 0 Å². The molecule has 0 fully saturated rings. The summed E-state index contributed by atoms with van der Waals surface area (Å²) in [6.45, 7) is 10.1. The minimum atomic E-state index is -0.729. The van der Waals surface area contributed by atoms with Crippen LogP contribution in [0.1, 0.15) is 25.0 Å². The molecule has 0 saturated heterocycles. The van der Waals surface area contributed by atoms with Crippen LogP contribution in [0.3, 0.4) is 0 Å². The van der Waals surface area contributed by atoms with Crippen molar-refractivity contribution >= 4 is 43.0 Å². The van der Waals surface area contributed by atoms with Gasteiger partial charge in [-0.05, 0) is 75.5 Å². The minimum absolute atomic E-state index is 0.312. The Labute approximate surface area is 160 Å². The Morgan fingerprint density at radius 1 is 1.09 bits per heavy atom. The van der Waals surface area contributed by atoms with Gasteiger partial charge in [0, 0.05) is 17.4 Å². The number of rotatable bonds is 6. The van der Waals surface area contributed by atoms with E-state index in [1.165, 1.54) is 14.7 Å². The number of ether oxygens (including phenoxy) is 1. The van der Waals surface area contributed by atoms with Crippen molar-refractivity contribution in [2.24, 2.45) is 0 Å². The molecule has 0 N–H and O–H groups in total. The second-order valence-corrected chi connectivity index (χ2v) is 12.5. The molecule has 2 aromatic carbocycles. The highest BCUT2D eigenvalue weighted by Gasteiger charge is 2.24. The SMILES string of the molecule is C[SiH](C)C(C)(C)COc1ccc(Cc2cc(I)ccc2Cl)cc1. The molecule has 1 nitrogen and oxygen atoms in total. The van der Waals surface area contributed by atoms with Gasteiger partial charge in [0.05, 0.1) is 6.61 Å². The first kappa shape index (κ1) is 18.8. The van der Waals surface area contributed by atoms with Gasteiger partial charge < -0.3 is 4.74 Å². The molecule has 2 aromatic rings. The molecule has 0 aliphatic heterocycles. The lowest BCUT2D eigenvalue weighted by molar-refractivity contribution is 0.276. The van der Waals surface area contributed by atoms with Crippen molar-refractivity contribution in [3.05, 3.63) is 62.2 Å². The summed E-state index contributed by atoms with van der Waals surface area (Å²) in [5.74, 6) is 0.949. The second-order valence-electron chi connectivity index (χ2n) is 6.99. The first-order valence-electron chi connectivity index (χ1n) is 7.93. The van der Waals surface area contributed by atoms with Gasteiger partial charge in [0.15, 0.2) is 0 Å². The van der Waals surface area contributed by atoms with Gasteiger partial charge >= 0.3 is 0 Å². The van der Waals surface area contributed by atoms with E-state index in [1.807, 2.05) is 12.1 Å². The maximum Gasteiger partial charge on any atom is 0.119 e. The van der Waals surface area contributed by atoms with Gasteiger partial charge in [-0.2, -0.15) is 0 Å². The standard InChI is InChI=1S/C19H24ClIOSi/c1-19(2,23(3)4)13-22-17-8-5-14(6-9-17)11-15-12-16(21)7-10-18(15)20/h5-10,12,23H,11,13H2,1-4H3. The highest BCUT2D eigenvalue weighted by atomic mass is 127. The van der Waals surface area contributed by atoms with E-state index in [0.29, 0.717) is 5.04 Å². The van der Waals surface area contributed by atoms with Crippen molar-refractivity contribution in [2.45, 2.75) is 38.4 Å². The van der Waals surface area contributed by atoms with Gasteiger partial charge in [-0.1, -0.05) is 50.7 Å². The normalized spacial score (nSPS) is 11.8. The zero-order valence-electron chi connectivity index (χ0n) is 14.2. The summed E-state index contributed by atoms with van der Waals surface area (Å²) in [5.41, 5.74) is 2.41. The van der Waals surface area contributed by atoms with Crippen molar-refractivity contribution in [3.8, 4) is 5.75 Å². The Morgan fingerprint density at radius 2 is 1.74 bits per heavy atom. The number of hydrogen-bond acceptors (Lipinski definition) is 1. The predicted molar refractivity (Wildman–Crippen MR) is 112 cm³/mol. The predicted octanol–water partition coefficient (Wildman–Crippen LogP) is 6.18. The molecule has 0 atom stereocenters. The van der Waals surface area contributed by atoms with Crippen LogP contribution in [-0.4, -0.2) is 15.4 Å². The van der Waals surface area contributed by atoms with Crippen LogP contribution in [0.4, 0.5) is 0 Å². The fraction of sp³-hybridized carbons (Fsp3) is 0.368. The molecule has 2 rings (SSSR count). The average Bonchev–Trinajstić information content (AvgIpc) is 2.50. The molecule has 0 spiro atoms. The molecule has 0 saturated carbocycles. The van der Waals surface area contributed by atoms with E-state index in [4.69, 9.17) is 16.3 Å². The second kappa shape index (κ2) is 8.04. The fourth-order valence-electron chi connectivity index (χ4n) is 2.04. The average molecular weight is 459 g/mol. The van der Waals surface area contributed by atoms with E-state index in [0.717, 1.165) is 23.8 Å². The van der Waals surface area contributed by atoms with E-state index in [-0.39, 0.29) is 0 Å². The smallest absolute Gasteiger partial charge is 0.119 e. The molecule has 0 amide bonds. The van der Waals surface area contributed by atoms with Gasteiger partial charge in [0.2, 0.25) is 0 Å². The largest absolute Gasteiger partial charge is 0.493 e. The number of hydrogen-bond donors (Lipinski definition) is 0. The third-order valence-electron chi connectivity index (χ3n) is 4.50. The number of halogens is 2. The Bertz CT molecular complexity index is 653. The van der Waals surface area contributed by atoms with Gasteiger partial charge in [-0.3, -0.25) is 0 Å². The Morgan fingerprint density at radius 3 is 2.35 bits per heavy atom. The maximum atomic E-state index is 6.28. The topological polar surface area (TPSA) is 9.23 Å². The van der Waals surface area contributed by atoms with Gasteiger partial charge in [0.1, 0.15) is 5.75 Å². The third kappa shape index (κ3) is 5.50. The molecule has 124 valence electrons. The Kier molecular flexibility index (Phi) is 6.57. The quantitative estimate of drug-likeness (QED) is 0.371. The molecule has 4 heteroatoms. The third-order valence-corrected chi connectivity index (χ3v) is 8.83. The summed E-state index contributed by atoms with van der Waals surface area (Å²) in [6.07, 6.45) is 0.848. The van der Waals surface area contributed by atoms with Crippen LogP contribution in [0, 0.1) is 3.57 Å². The van der Waals surface area contributed by atoms with Crippen molar-refractivity contribution in [2.75, 3.05) is 6.61 Å². The molecular formula is C19H24ClIOSi. The summed E-state index contributed by atoms with van der Waals surface area (Å²) in [6, 6.07) is 14.5. The lowest BCUT2D eigenvalue weighted by Gasteiger charge is -2.28. The van der Waals surface area contributed by atoms with Crippen LogP contribution < -0.4 is 4.74 Å². The zero-order chi connectivity index (χ0) is 17.0. The fourth-order valence-corrected chi connectivity index (χ4v) is 3.19. The van der Waals surface area contributed by atoms with Crippen molar-refractivity contribution < 1.29 is 4.74 Å². The van der Waals surface area contributed by atoms with Crippen molar-refractivity contribution in [3.63, 3.8) is 0 Å². The molecule has 0 heterocycles. The highest BCUT2D eigenvalue weighted by molar-refractivity contribution is 14.1. The summed E-state index contributed by atoms with van der Waals surface area (Å²) in [7, 11) is -0.729. The van der Waals surface area contributed by atoms with E-state index >= 15 is 0 Å². The van der Waals surface area contributed by atoms with E-state index in [9.17, 15) is 0 Å². The van der Waals surface area contributed by atoms with E-state index < -0.39 is 8.80 Å². The van der Waals surface area contributed by atoms with E-state index in [2.05, 4.69) is 79.9 Å². The molecule has 0 aliphatic rings. The first-order chi connectivity index (χ1) is 10.8. The molecule has 0 radical (unpaired) electrons. The molecule has 0 aromatic heterocycles. The highest BCUT2D eigenvalue weighted by Crippen LogP contribution is 2.29. The van der Waals surface area contributed by atoms with Gasteiger partial charge in [-0.25, -0.2) is 0 Å². The van der Waals surface area contributed by atoms with Crippen LogP contribution in [-0.2, 0) is 6.42 Å². The van der Waals surface area contributed by atoms with Crippen LogP contribution in [0.2, 0.25) is 23.2 Å². The van der Waals surface area contributed by atoms with E-state index in [1.54, 1.807) is 0 Å². The molecule has 0 aliphatic carbocycles. The van der Waals surface area contributed by atoms with Crippen LogP contribution in [0.15, 0.2) is 42.5 Å². The Balaban J connectivity index is 2.01. The maximum absolute atomic E-state index is 6.28. The molecule has 23 heavy (non-hydrogen) atoms. The molecule has 0 bridgehead atoms. The summed E-state index contributed by atoms with van der Waals surface area (Å²) in [5, 5.41) is 1.14. The first-order valence-corrected chi connectivity index (χ1v) is 12.3. The Hall–Kier alpha value is -0.523. The minimum Gasteiger partial charge on any atom is -0.493 e. The number of benzene rings is 2. The molecule has 0 unspecified atom stereocenters. The van der Waals surface area contributed by atoms with Crippen LogP contribution in [0.5, 0.6) is 5.75 Å². The zero-order valence-corrected chi connectivity index (χ0v) is 18.3. The van der Waals surface area contributed by atoms with Gasteiger partial charge in [0.25, 0.3) is 0 Å². The lowest BCUT2D eigenvalue weighted by Crippen LogP contribution is -2.27. The summed E-state index contributed by atoms with van der Waals surface area (Å²) in [4.78, 5) is 0. The van der Waals surface area contributed by atoms with Gasteiger partial charge in [-0.15, -0.1) is 0 Å². The van der Waals surface area contributed by atoms with Crippen LogP contribution >= 0.6 is 34.2 Å². The van der Waals surface area contributed by atoms with Crippen molar-refractivity contribution in [1.29, 1.82) is 0 Å². The summed E-state index contributed by atoms with van der Waals surface area (Å²) < 4.78 is 7.20. The monoisotopic (exact) mass is 458 g/mol. The molecular weight excluding hydrogens is 435 g/mol. The van der Waals surface area contributed by atoms with Crippen molar-refractivity contribution in [1.82, 2.24) is 0 Å². The summed E-state index contributed by atoms with van der Waals surface area (Å²) >= 11 is 8.60.